The van der Waals surface area contributed by atoms with Crippen LogP contribution in [0.4, 0.5) is 5.69 Å². The summed E-state index contributed by atoms with van der Waals surface area (Å²) in [6.07, 6.45) is 11.3. The fourth-order valence-electron chi connectivity index (χ4n) is 4.63. The van der Waals surface area contributed by atoms with E-state index in [1.807, 2.05) is 15.4 Å². The van der Waals surface area contributed by atoms with Gasteiger partial charge in [0.25, 0.3) is 0 Å². The maximum atomic E-state index is 4.87. The Bertz CT molecular complexity index is 967. The number of hydrogen-bond acceptors (Lipinski definition) is 5. The Balaban J connectivity index is 1.30. The van der Waals surface area contributed by atoms with Gasteiger partial charge in [-0.1, -0.05) is 0 Å². The summed E-state index contributed by atoms with van der Waals surface area (Å²) < 4.78 is 4.02. The fourth-order valence-corrected chi connectivity index (χ4v) is 4.63. The van der Waals surface area contributed by atoms with E-state index in [2.05, 4.69) is 53.3 Å². The predicted molar refractivity (Wildman–Crippen MR) is 114 cm³/mol. The summed E-state index contributed by atoms with van der Waals surface area (Å²) in [7, 11) is 0. The number of fused-ring (bicyclic) bond motifs is 1. The van der Waals surface area contributed by atoms with Gasteiger partial charge in [-0.05, 0) is 58.2 Å². The normalized spacial score (nSPS) is 20.9. The Hall–Kier alpha value is -2.41. The summed E-state index contributed by atoms with van der Waals surface area (Å²) in [5.74, 6) is 1.39. The maximum absolute atomic E-state index is 4.87. The maximum Gasteiger partial charge on any atom is 0.156 e. The standard InChI is InChI=1S/C22H31N7/c1-17(2)28-14-18(12-23-28)13-26-9-5-6-19(15-26)22-24-21-8-7-20(16-29(21)25-22)27-10-3-4-11-27/h7-8,12,14,16-17,19H,3-6,9-11,13,15H2,1-2H3/t19-/m0/s1. The fraction of sp³-hybridized carbons (Fsp3) is 0.591. The Kier molecular flexibility index (Phi) is 4.99. The molecule has 0 aromatic carbocycles. The molecule has 7 heteroatoms. The molecular weight excluding hydrogens is 362 g/mol. The first-order chi connectivity index (χ1) is 14.2. The number of likely N-dealkylation sites (tertiary alicyclic amines) is 1. The monoisotopic (exact) mass is 393 g/mol. The molecule has 0 radical (unpaired) electrons. The minimum atomic E-state index is 0.402. The Labute approximate surface area is 172 Å². The van der Waals surface area contributed by atoms with Crippen LogP contribution in [-0.4, -0.2) is 55.5 Å². The van der Waals surface area contributed by atoms with Crippen LogP contribution in [0.3, 0.4) is 0 Å². The topological polar surface area (TPSA) is 54.5 Å². The molecule has 0 unspecified atom stereocenters. The Morgan fingerprint density at radius 1 is 1.07 bits per heavy atom. The van der Waals surface area contributed by atoms with Crippen molar-refractivity contribution in [2.24, 2.45) is 0 Å². The van der Waals surface area contributed by atoms with Crippen molar-refractivity contribution in [1.82, 2.24) is 29.3 Å². The number of aromatic nitrogens is 5. The lowest BCUT2D eigenvalue weighted by atomic mass is 9.97. The summed E-state index contributed by atoms with van der Waals surface area (Å²) in [5, 5.41) is 9.36. The van der Waals surface area contributed by atoms with E-state index >= 15 is 0 Å². The highest BCUT2D eigenvalue weighted by atomic mass is 15.3. The molecule has 0 N–H and O–H groups in total. The smallest absolute Gasteiger partial charge is 0.156 e. The Morgan fingerprint density at radius 3 is 2.72 bits per heavy atom. The third-order valence-electron chi connectivity index (χ3n) is 6.26. The lowest BCUT2D eigenvalue weighted by molar-refractivity contribution is 0.196. The number of anilines is 1. The molecule has 2 aliphatic heterocycles. The van der Waals surface area contributed by atoms with E-state index < -0.39 is 0 Å². The summed E-state index contributed by atoms with van der Waals surface area (Å²) in [5.41, 5.74) is 3.51. The molecule has 0 spiro atoms. The second-order valence-corrected chi connectivity index (χ2v) is 8.85. The van der Waals surface area contributed by atoms with Crippen molar-refractivity contribution < 1.29 is 0 Å². The average Bonchev–Trinajstić information content (AvgIpc) is 3.47. The lowest BCUT2D eigenvalue weighted by Gasteiger charge is -2.30. The van der Waals surface area contributed by atoms with Crippen molar-refractivity contribution in [1.29, 1.82) is 0 Å². The van der Waals surface area contributed by atoms with Crippen LogP contribution in [0.2, 0.25) is 0 Å². The van der Waals surface area contributed by atoms with Crippen LogP contribution >= 0.6 is 0 Å². The number of pyridine rings is 1. The van der Waals surface area contributed by atoms with Gasteiger partial charge in [0.05, 0.1) is 18.1 Å². The summed E-state index contributed by atoms with van der Waals surface area (Å²) >= 11 is 0. The van der Waals surface area contributed by atoms with E-state index in [1.165, 1.54) is 30.5 Å². The van der Waals surface area contributed by atoms with Crippen molar-refractivity contribution in [2.75, 3.05) is 31.1 Å². The quantitative estimate of drug-likeness (QED) is 0.664. The summed E-state index contributed by atoms with van der Waals surface area (Å²) in [6.45, 7) is 9.74. The average molecular weight is 394 g/mol. The second kappa shape index (κ2) is 7.78. The van der Waals surface area contributed by atoms with Gasteiger partial charge >= 0.3 is 0 Å². The van der Waals surface area contributed by atoms with Gasteiger partial charge in [0.1, 0.15) is 0 Å². The third-order valence-corrected chi connectivity index (χ3v) is 6.26. The number of piperidine rings is 1. The van der Waals surface area contributed by atoms with Crippen molar-refractivity contribution in [3.05, 3.63) is 42.1 Å². The largest absolute Gasteiger partial charge is 0.370 e. The van der Waals surface area contributed by atoms with Gasteiger partial charge in [-0.3, -0.25) is 9.58 Å². The first kappa shape index (κ1) is 18.6. The molecule has 2 saturated heterocycles. The number of hydrogen-bond donors (Lipinski definition) is 0. The second-order valence-electron chi connectivity index (χ2n) is 8.85. The first-order valence-electron chi connectivity index (χ1n) is 11.0. The molecule has 3 aromatic heterocycles. The molecule has 2 aliphatic rings. The van der Waals surface area contributed by atoms with Crippen molar-refractivity contribution in [3.63, 3.8) is 0 Å². The molecule has 7 nitrogen and oxygen atoms in total. The van der Waals surface area contributed by atoms with Crippen LogP contribution in [-0.2, 0) is 6.54 Å². The molecule has 0 aliphatic carbocycles. The molecule has 1 atom stereocenters. The minimum absolute atomic E-state index is 0.402. The molecule has 0 amide bonds. The van der Waals surface area contributed by atoms with Gasteiger partial charge in [-0.25, -0.2) is 9.50 Å². The highest BCUT2D eigenvalue weighted by molar-refractivity contribution is 5.51. The SMILES string of the molecule is CC(C)n1cc(CN2CCC[C@H](c3nc4ccc(N5CCCC5)cn4n3)C2)cn1. The molecule has 0 bridgehead atoms. The van der Waals surface area contributed by atoms with Gasteiger partial charge < -0.3 is 4.90 Å². The van der Waals surface area contributed by atoms with E-state index in [1.54, 1.807) is 0 Å². The number of nitrogens with zero attached hydrogens (tertiary/aromatic N) is 7. The van der Waals surface area contributed by atoms with Crippen LogP contribution < -0.4 is 4.90 Å². The zero-order valence-electron chi connectivity index (χ0n) is 17.5. The van der Waals surface area contributed by atoms with Crippen LogP contribution in [0.1, 0.15) is 62.9 Å². The molecule has 3 aromatic rings. The van der Waals surface area contributed by atoms with Crippen LogP contribution in [0, 0.1) is 0 Å². The molecule has 5 rings (SSSR count). The predicted octanol–water partition coefficient (Wildman–Crippen LogP) is 3.49. The zero-order chi connectivity index (χ0) is 19.8. The molecule has 0 saturated carbocycles. The molecular formula is C22H31N7. The lowest BCUT2D eigenvalue weighted by Crippen LogP contribution is -2.34. The molecule has 154 valence electrons. The highest BCUT2D eigenvalue weighted by Gasteiger charge is 2.25. The van der Waals surface area contributed by atoms with E-state index in [0.717, 1.165) is 50.6 Å². The number of rotatable bonds is 5. The Morgan fingerprint density at radius 2 is 1.93 bits per heavy atom. The van der Waals surface area contributed by atoms with Crippen molar-refractivity contribution in [2.45, 2.75) is 58.0 Å². The van der Waals surface area contributed by atoms with E-state index in [-0.39, 0.29) is 0 Å². The van der Waals surface area contributed by atoms with Gasteiger partial charge in [0.2, 0.25) is 0 Å². The van der Waals surface area contributed by atoms with Crippen LogP contribution in [0.25, 0.3) is 5.65 Å². The van der Waals surface area contributed by atoms with Crippen LogP contribution in [0.15, 0.2) is 30.7 Å². The molecule has 29 heavy (non-hydrogen) atoms. The van der Waals surface area contributed by atoms with E-state index in [9.17, 15) is 0 Å². The van der Waals surface area contributed by atoms with Crippen molar-refractivity contribution >= 4 is 11.3 Å². The minimum Gasteiger partial charge on any atom is -0.370 e. The highest BCUT2D eigenvalue weighted by Crippen LogP contribution is 2.27. The third kappa shape index (κ3) is 3.88. The van der Waals surface area contributed by atoms with Gasteiger partial charge in [-0.2, -0.15) is 10.2 Å². The summed E-state index contributed by atoms with van der Waals surface area (Å²) in [4.78, 5) is 9.83. The molecule has 2 fully saturated rings. The first-order valence-corrected chi connectivity index (χ1v) is 11.0. The summed E-state index contributed by atoms with van der Waals surface area (Å²) in [6, 6.07) is 4.72. The van der Waals surface area contributed by atoms with Gasteiger partial charge in [0.15, 0.2) is 11.5 Å². The van der Waals surface area contributed by atoms with Crippen molar-refractivity contribution in [3.8, 4) is 0 Å². The van der Waals surface area contributed by atoms with Gasteiger partial charge in [-0.15, -0.1) is 0 Å². The van der Waals surface area contributed by atoms with E-state index in [4.69, 9.17) is 10.1 Å². The van der Waals surface area contributed by atoms with Gasteiger partial charge in [0, 0.05) is 49.9 Å². The van der Waals surface area contributed by atoms with Crippen LogP contribution in [0.5, 0.6) is 0 Å². The molecule has 5 heterocycles. The zero-order valence-corrected chi connectivity index (χ0v) is 17.5. The van der Waals surface area contributed by atoms with E-state index in [0.29, 0.717) is 12.0 Å².